The molecule has 2 rings (SSSR count). The summed E-state index contributed by atoms with van der Waals surface area (Å²) >= 11 is 1.67. The molecule has 2 aromatic rings. The first kappa shape index (κ1) is 14.7. The first-order valence-corrected chi connectivity index (χ1v) is 7.64. The van der Waals surface area contributed by atoms with Crippen molar-refractivity contribution in [3.8, 4) is 11.5 Å². The molecule has 0 aliphatic heterocycles. The van der Waals surface area contributed by atoms with Crippen LogP contribution in [0.15, 0.2) is 33.6 Å². The predicted molar refractivity (Wildman–Crippen MR) is 79.1 cm³/mol. The zero-order valence-electron chi connectivity index (χ0n) is 11.8. The van der Waals surface area contributed by atoms with Crippen LogP contribution < -0.4 is 0 Å². The molecular formula is C15H17NO3S. The molecule has 106 valence electrons. The molecule has 20 heavy (non-hydrogen) atoms. The molecule has 1 heterocycles. The van der Waals surface area contributed by atoms with Crippen LogP contribution in [0.5, 0.6) is 0 Å². The van der Waals surface area contributed by atoms with E-state index in [9.17, 15) is 4.79 Å². The summed E-state index contributed by atoms with van der Waals surface area (Å²) in [5.41, 5.74) is 1.51. The van der Waals surface area contributed by atoms with Crippen molar-refractivity contribution in [2.24, 2.45) is 0 Å². The molecule has 0 aliphatic rings. The lowest BCUT2D eigenvalue weighted by molar-refractivity contribution is 0.0564. The van der Waals surface area contributed by atoms with Gasteiger partial charge in [0.25, 0.3) is 0 Å². The number of aromatic nitrogens is 1. The summed E-state index contributed by atoms with van der Waals surface area (Å²) in [4.78, 5) is 17.3. The van der Waals surface area contributed by atoms with Crippen molar-refractivity contribution in [2.75, 3.05) is 13.4 Å². The summed E-state index contributed by atoms with van der Waals surface area (Å²) in [5, 5.41) is 0. The van der Waals surface area contributed by atoms with E-state index in [-0.39, 0.29) is 5.76 Å². The highest BCUT2D eigenvalue weighted by atomic mass is 32.2. The number of carbonyl (C=O) groups is 1. The number of ether oxygens (including phenoxy) is 1. The Balaban J connectivity index is 2.38. The number of esters is 1. The molecule has 0 saturated carbocycles. The van der Waals surface area contributed by atoms with Gasteiger partial charge in [-0.15, -0.1) is 11.8 Å². The fourth-order valence-electron chi connectivity index (χ4n) is 1.87. The van der Waals surface area contributed by atoms with Crippen LogP contribution in [0.3, 0.4) is 0 Å². The number of carbonyl (C=O) groups excluding carboxylic acids is 1. The number of thioether (sulfide) groups is 1. The second kappa shape index (κ2) is 6.61. The molecule has 0 radical (unpaired) electrons. The highest BCUT2D eigenvalue weighted by Crippen LogP contribution is 2.25. The lowest BCUT2D eigenvalue weighted by Crippen LogP contribution is -2.03. The van der Waals surface area contributed by atoms with Crippen LogP contribution in [0, 0.1) is 0 Å². The summed E-state index contributed by atoms with van der Waals surface area (Å²) in [7, 11) is 1.34. The first-order chi connectivity index (χ1) is 9.69. The van der Waals surface area contributed by atoms with Crippen LogP contribution in [-0.4, -0.2) is 24.3 Å². The third-order valence-corrected chi connectivity index (χ3v) is 3.64. The van der Waals surface area contributed by atoms with Gasteiger partial charge < -0.3 is 9.15 Å². The molecule has 5 heteroatoms. The molecule has 0 aliphatic carbocycles. The molecule has 0 fully saturated rings. The van der Waals surface area contributed by atoms with Crippen LogP contribution in [-0.2, 0) is 11.2 Å². The number of rotatable bonds is 5. The summed E-state index contributed by atoms with van der Waals surface area (Å²) < 4.78 is 10.3. The van der Waals surface area contributed by atoms with Gasteiger partial charge in [-0.05, 0) is 36.9 Å². The Labute approximate surface area is 122 Å². The smallest absolute Gasteiger partial charge is 0.376 e. The number of aryl methyl sites for hydroxylation is 1. The van der Waals surface area contributed by atoms with E-state index in [1.165, 1.54) is 12.0 Å². The van der Waals surface area contributed by atoms with Gasteiger partial charge in [0.15, 0.2) is 0 Å². The Morgan fingerprint density at radius 1 is 1.35 bits per heavy atom. The maximum atomic E-state index is 11.7. The number of hydrogen-bond donors (Lipinski definition) is 0. The second-order valence-electron chi connectivity index (χ2n) is 4.26. The van der Waals surface area contributed by atoms with E-state index in [1.54, 1.807) is 11.8 Å². The molecule has 0 saturated heterocycles. The zero-order valence-corrected chi connectivity index (χ0v) is 12.6. The minimum atomic E-state index is -0.479. The quantitative estimate of drug-likeness (QED) is 0.619. The summed E-state index contributed by atoms with van der Waals surface area (Å²) in [5.74, 6) is 0.188. The number of methoxy groups -OCH3 is 1. The summed E-state index contributed by atoms with van der Waals surface area (Å²) in [6.45, 7) is 2.03. The van der Waals surface area contributed by atoms with Gasteiger partial charge in [0, 0.05) is 10.5 Å². The Morgan fingerprint density at radius 2 is 2.05 bits per heavy atom. The maximum absolute atomic E-state index is 11.7. The van der Waals surface area contributed by atoms with Crippen LogP contribution in [0.25, 0.3) is 11.5 Å². The van der Waals surface area contributed by atoms with E-state index >= 15 is 0 Å². The average Bonchev–Trinajstić information content (AvgIpc) is 2.91. The van der Waals surface area contributed by atoms with Crippen LogP contribution in [0.2, 0.25) is 0 Å². The van der Waals surface area contributed by atoms with Gasteiger partial charge in [0.2, 0.25) is 11.7 Å². The highest BCUT2D eigenvalue weighted by Gasteiger charge is 2.20. The Bertz CT molecular complexity index is 590. The molecule has 0 N–H and O–H groups in total. The van der Waals surface area contributed by atoms with Crippen LogP contribution in [0.4, 0.5) is 0 Å². The normalized spacial score (nSPS) is 10.6. The summed E-state index contributed by atoms with van der Waals surface area (Å²) in [6.07, 6.45) is 3.60. The first-order valence-electron chi connectivity index (χ1n) is 6.42. The molecular weight excluding hydrogens is 274 g/mol. The van der Waals surface area contributed by atoms with Gasteiger partial charge in [-0.2, -0.15) is 0 Å². The molecule has 0 bridgehead atoms. The van der Waals surface area contributed by atoms with E-state index in [4.69, 9.17) is 9.15 Å². The van der Waals surface area contributed by atoms with E-state index in [0.717, 1.165) is 12.0 Å². The minimum Gasteiger partial charge on any atom is -0.463 e. The van der Waals surface area contributed by atoms with Gasteiger partial charge in [0.05, 0.1) is 12.8 Å². The van der Waals surface area contributed by atoms with E-state index < -0.39 is 5.97 Å². The van der Waals surface area contributed by atoms with Gasteiger partial charge >= 0.3 is 5.97 Å². The fourth-order valence-corrected chi connectivity index (χ4v) is 2.28. The van der Waals surface area contributed by atoms with Gasteiger partial charge in [-0.1, -0.05) is 13.3 Å². The Morgan fingerprint density at radius 3 is 2.60 bits per heavy atom. The zero-order chi connectivity index (χ0) is 14.5. The number of hydrogen-bond acceptors (Lipinski definition) is 5. The van der Waals surface area contributed by atoms with E-state index in [2.05, 4.69) is 4.98 Å². The average molecular weight is 291 g/mol. The van der Waals surface area contributed by atoms with Crippen molar-refractivity contribution in [1.29, 1.82) is 0 Å². The van der Waals surface area contributed by atoms with Crippen molar-refractivity contribution < 1.29 is 13.9 Å². The van der Waals surface area contributed by atoms with Crippen LogP contribution >= 0.6 is 11.8 Å². The largest absolute Gasteiger partial charge is 0.463 e. The second-order valence-corrected chi connectivity index (χ2v) is 5.14. The molecule has 0 spiro atoms. The SMILES string of the molecule is CCCc1nc(-c2ccc(SC)cc2)oc1C(=O)OC. The minimum absolute atomic E-state index is 0.207. The van der Waals surface area contributed by atoms with Crippen molar-refractivity contribution in [3.05, 3.63) is 35.7 Å². The van der Waals surface area contributed by atoms with Crippen molar-refractivity contribution in [1.82, 2.24) is 4.98 Å². The molecule has 1 aromatic carbocycles. The maximum Gasteiger partial charge on any atom is 0.376 e. The lowest BCUT2D eigenvalue weighted by Gasteiger charge is -1.98. The van der Waals surface area contributed by atoms with Gasteiger partial charge in [0.1, 0.15) is 0 Å². The third-order valence-electron chi connectivity index (χ3n) is 2.89. The number of oxazole rings is 1. The van der Waals surface area contributed by atoms with Gasteiger partial charge in [-0.3, -0.25) is 0 Å². The van der Waals surface area contributed by atoms with Crippen molar-refractivity contribution >= 4 is 17.7 Å². The van der Waals surface area contributed by atoms with E-state index in [1.807, 2.05) is 37.4 Å². The molecule has 1 aromatic heterocycles. The van der Waals surface area contributed by atoms with Crippen LogP contribution in [0.1, 0.15) is 29.6 Å². The molecule has 0 atom stereocenters. The van der Waals surface area contributed by atoms with Gasteiger partial charge in [-0.25, -0.2) is 9.78 Å². The molecule has 0 amide bonds. The highest BCUT2D eigenvalue weighted by molar-refractivity contribution is 7.98. The predicted octanol–water partition coefficient (Wildman–Crippen LogP) is 3.80. The Kier molecular flexibility index (Phi) is 4.84. The lowest BCUT2D eigenvalue weighted by atomic mass is 10.2. The number of benzene rings is 1. The monoisotopic (exact) mass is 291 g/mol. The standard InChI is InChI=1S/C15H17NO3S/c1-4-5-12-13(15(17)18-2)19-14(16-12)10-6-8-11(20-3)9-7-10/h6-9H,4-5H2,1-3H3. The van der Waals surface area contributed by atoms with Crippen molar-refractivity contribution in [2.45, 2.75) is 24.7 Å². The number of nitrogens with zero attached hydrogens (tertiary/aromatic N) is 1. The Hall–Kier alpha value is -1.75. The fraction of sp³-hybridized carbons (Fsp3) is 0.333. The summed E-state index contributed by atoms with van der Waals surface area (Å²) in [6, 6.07) is 7.88. The van der Waals surface area contributed by atoms with E-state index in [0.29, 0.717) is 18.0 Å². The third kappa shape index (κ3) is 3.04. The topological polar surface area (TPSA) is 52.3 Å². The van der Waals surface area contributed by atoms with Crippen molar-refractivity contribution in [3.63, 3.8) is 0 Å². The molecule has 4 nitrogen and oxygen atoms in total. The molecule has 0 unspecified atom stereocenters.